The minimum Gasteiger partial charge on any atom is -0.508 e. The molecule has 0 radical (unpaired) electrons. The van der Waals surface area contributed by atoms with Crippen molar-refractivity contribution >= 4 is 34.0 Å². The van der Waals surface area contributed by atoms with E-state index in [9.17, 15) is 9.90 Å². The Balaban J connectivity index is 1.34. The van der Waals surface area contributed by atoms with Crippen molar-refractivity contribution in [3.63, 3.8) is 0 Å². The van der Waals surface area contributed by atoms with Crippen LogP contribution in [0.5, 0.6) is 5.75 Å². The second-order valence-corrected chi connectivity index (χ2v) is 7.50. The van der Waals surface area contributed by atoms with Gasteiger partial charge in [0, 0.05) is 42.5 Å². The normalized spacial score (nSPS) is 16.1. The summed E-state index contributed by atoms with van der Waals surface area (Å²) in [6.07, 6.45) is 1.93. The zero-order valence-corrected chi connectivity index (χ0v) is 16.0. The van der Waals surface area contributed by atoms with Gasteiger partial charge in [0.2, 0.25) is 0 Å². The Morgan fingerprint density at radius 1 is 1.07 bits per heavy atom. The van der Waals surface area contributed by atoms with Crippen molar-refractivity contribution in [2.45, 2.75) is 6.54 Å². The minimum atomic E-state index is -0.172. The van der Waals surface area contributed by atoms with Crippen molar-refractivity contribution in [1.82, 2.24) is 4.90 Å². The van der Waals surface area contributed by atoms with Crippen molar-refractivity contribution in [2.75, 3.05) is 31.6 Å². The molecule has 2 aliphatic rings. The second kappa shape index (κ2) is 7.35. The molecule has 1 aliphatic heterocycles. The zero-order chi connectivity index (χ0) is 19.8. The summed E-state index contributed by atoms with van der Waals surface area (Å²) in [6.45, 7) is 3.83. The number of rotatable bonds is 4. The number of benzene rings is 3. The smallest absolute Gasteiger partial charge is 0.256 e. The predicted octanol–water partition coefficient (Wildman–Crippen LogP) is 3.87. The lowest BCUT2D eigenvalue weighted by Gasteiger charge is -2.26. The highest BCUT2D eigenvalue weighted by Gasteiger charge is 2.22. The standard InChI is InChI=1S/C24H22N2O3/c27-22-14-19(8-7-18(22)15-26-9-11-29-12-10-26)25-24(28)21-13-17-5-1-3-16-4-2-6-20(21)23(16)17/h1-8,13-14,27H,9-12,15H2,(H,25,28). The van der Waals surface area contributed by atoms with E-state index in [0.29, 0.717) is 17.8 Å². The van der Waals surface area contributed by atoms with Crippen LogP contribution in [0.3, 0.4) is 0 Å². The molecule has 0 spiro atoms. The third kappa shape index (κ3) is 3.39. The highest BCUT2D eigenvalue weighted by Crippen LogP contribution is 2.37. The Kier molecular flexibility index (Phi) is 4.54. The number of phenols is 1. The molecule has 0 aromatic heterocycles. The number of nitrogens with zero attached hydrogens (tertiary/aromatic N) is 1. The van der Waals surface area contributed by atoms with Gasteiger partial charge < -0.3 is 15.2 Å². The number of ether oxygens (including phenoxy) is 1. The summed E-state index contributed by atoms with van der Waals surface area (Å²) >= 11 is 0. The molecule has 1 saturated heterocycles. The quantitative estimate of drug-likeness (QED) is 0.715. The number of morpholine rings is 1. The van der Waals surface area contributed by atoms with Crippen LogP contribution in [0.15, 0.2) is 54.6 Å². The molecule has 1 fully saturated rings. The number of carbonyl (C=O) groups excluding carboxylic acids is 1. The van der Waals surface area contributed by atoms with E-state index in [1.54, 1.807) is 6.07 Å². The average molecular weight is 386 g/mol. The van der Waals surface area contributed by atoms with Crippen LogP contribution in [0, 0.1) is 0 Å². The van der Waals surface area contributed by atoms with Crippen LogP contribution in [-0.4, -0.2) is 42.2 Å². The number of hydrogen-bond acceptors (Lipinski definition) is 4. The van der Waals surface area contributed by atoms with Gasteiger partial charge >= 0.3 is 0 Å². The van der Waals surface area contributed by atoms with Gasteiger partial charge in [-0.25, -0.2) is 0 Å². The average Bonchev–Trinajstić information content (AvgIpc) is 3.12. The van der Waals surface area contributed by atoms with Gasteiger partial charge in [-0.1, -0.05) is 42.5 Å². The number of nitrogens with one attached hydrogen (secondary N) is 1. The molecule has 0 bridgehead atoms. The van der Waals surface area contributed by atoms with Gasteiger partial charge in [-0.05, 0) is 34.0 Å². The van der Waals surface area contributed by atoms with Gasteiger partial charge in [0.25, 0.3) is 5.91 Å². The number of hydrogen-bond donors (Lipinski definition) is 2. The first kappa shape index (κ1) is 17.9. The number of carbonyl (C=O) groups is 1. The third-order valence-corrected chi connectivity index (χ3v) is 5.61. The van der Waals surface area contributed by atoms with Gasteiger partial charge in [0.1, 0.15) is 5.75 Å². The molecule has 3 aromatic carbocycles. The maximum Gasteiger partial charge on any atom is 0.256 e. The van der Waals surface area contributed by atoms with E-state index in [2.05, 4.69) is 22.3 Å². The van der Waals surface area contributed by atoms with Crippen molar-refractivity contribution < 1.29 is 14.6 Å². The van der Waals surface area contributed by atoms with Crippen LogP contribution in [-0.2, 0) is 16.1 Å². The molecule has 5 rings (SSSR count). The van der Waals surface area contributed by atoms with E-state index in [1.807, 2.05) is 42.5 Å². The van der Waals surface area contributed by atoms with Crippen LogP contribution in [0.2, 0.25) is 0 Å². The Morgan fingerprint density at radius 2 is 1.86 bits per heavy atom. The number of amides is 1. The summed E-state index contributed by atoms with van der Waals surface area (Å²) in [5, 5.41) is 15.6. The lowest BCUT2D eigenvalue weighted by Crippen LogP contribution is -2.35. The molecule has 0 saturated carbocycles. The topological polar surface area (TPSA) is 61.8 Å². The van der Waals surface area contributed by atoms with Crippen molar-refractivity contribution in [2.24, 2.45) is 0 Å². The highest BCUT2D eigenvalue weighted by molar-refractivity contribution is 6.34. The lowest BCUT2D eigenvalue weighted by atomic mass is 10.0. The molecule has 1 amide bonds. The van der Waals surface area contributed by atoms with Crippen LogP contribution in [0.1, 0.15) is 16.7 Å². The largest absolute Gasteiger partial charge is 0.508 e. The molecule has 0 atom stereocenters. The zero-order valence-electron chi connectivity index (χ0n) is 16.0. The second-order valence-electron chi connectivity index (χ2n) is 7.50. The molecule has 29 heavy (non-hydrogen) atoms. The van der Waals surface area contributed by atoms with E-state index in [0.717, 1.165) is 53.8 Å². The molecule has 1 heterocycles. The van der Waals surface area contributed by atoms with E-state index in [1.165, 1.54) is 0 Å². The van der Waals surface area contributed by atoms with E-state index >= 15 is 0 Å². The SMILES string of the molecule is O=C(Nc1ccc(CN2CCOCC2)c(O)c1)C1=Cc2cccc3cccc1c23. The van der Waals surface area contributed by atoms with Crippen LogP contribution < -0.4 is 5.32 Å². The first-order chi connectivity index (χ1) is 14.2. The number of anilines is 1. The fraction of sp³-hybridized carbons (Fsp3) is 0.208. The summed E-state index contributed by atoms with van der Waals surface area (Å²) in [5.41, 5.74) is 4.09. The maximum absolute atomic E-state index is 13.0. The van der Waals surface area contributed by atoms with Crippen LogP contribution in [0.4, 0.5) is 5.69 Å². The number of aromatic hydroxyl groups is 1. The van der Waals surface area contributed by atoms with Gasteiger partial charge in [-0.3, -0.25) is 9.69 Å². The highest BCUT2D eigenvalue weighted by atomic mass is 16.5. The van der Waals surface area contributed by atoms with Gasteiger partial charge in [-0.15, -0.1) is 0 Å². The first-order valence-electron chi connectivity index (χ1n) is 9.86. The van der Waals surface area contributed by atoms with Crippen LogP contribution in [0.25, 0.3) is 22.4 Å². The lowest BCUT2D eigenvalue weighted by molar-refractivity contribution is -0.111. The van der Waals surface area contributed by atoms with Crippen molar-refractivity contribution in [3.05, 3.63) is 71.3 Å². The summed E-state index contributed by atoms with van der Waals surface area (Å²) in [6, 6.07) is 17.4. The Bertz CT molecular complexity index is 1120. The molecule has 5 nitrogen and oxygen atoms in total. The first-order valence-corrected chi connectivity index (χ1v) is 9.86. The summed E-state index contributed by atoms with van der Waals surface area (Å²) < 4.78 is 5.37. The van der Waals surface area contributed by atoms with Crippen molar-refractivity contribution in [3.8, 4) is 5.75 Å². The third-order valence-electron chi connectivity index (χ3n) is 5.61. The Morgan fingerprint density at radius 3 is 2.66 bits per heavy atom. The Labute approximate surface area is 169 Å². The molecule has 3 aromatic rings. The predicted molar refractivity (Wildman–Crippen MR) is 115 cm³/mol. The summed E-state index contributed by atoms with van der Waals surface area (Å²) in [5.74, 6) is 0.0223. The van der Waals surface area contributed by atoms with Gasteiger partial charge in [0.05, 0.1) is 13.2 Å². The monoisotopic (exact) mass is 386 g/mol. The molecular formula is C24H22N2O3. The van der Waals surface area contributed by atoms with E-state index < -0.39 is 0 Å². The van der Waals surface area contributed by atoms with E-state index in [4.69, 9.17) is 4.74 Å². The fourth-order valence-electron chi connectivity index (χ4n) is 4.11. The summed E-state index contributed by atoms with van der Waals surface area (Å²) in [7, 11) is 0. The summed E-state index contributed by atoms with van der Waals surface area (Å²) in [4.78, 5) is 15.2. The maximum atomic E-state index is 13.0. The molecule has 2 N–H and O–H groups in total. The fourth-order valence-corrected chi connectivity index (χ4v) is 4.11. The van der Waals surface area contributed by atoms with Gasteiger partial charge in [0.15, 0.2) is 0 Å². The molecule has 1 aliphatic carbocycles. The number of phenolic OH excluding ortho intramolecular Hbond substituents is 1. The Hall–Kier alpha value is -3.15. The van der Waals surface area contributed by atoms with Crippen LogP contribution >= 0.6 is 0 Å². The molecule has 146 valence electrons. The van der Waals surface area contributed by atoms with E-state index in [-0.39, 0.29) is 11.7 Å². The molecule has 5 heteroatoms. The van der Waals surface area contributed by atoms with Crippen molar-refractivity contribution in [1.29, 1.82) is 0 Å². The molecular weight excluding hydrogens is 364 g/mol. The van der Waals surface area contributed by atoms with Gasteiger partial charge in [-0.2, -0.15) is 0 Å². The molecule has 0 unspecified atom stereocenters. The minimum absolute atomic E-state index is 0.172.